The predicted octanol–water partition coefficient (Wildman–Crippen LogP) is 3.27. The lowest BCUT2D eigenvalue weighted by atomic mass is 10.2. The zero-order chi connectivity index (χ0) is 14.7. The van der Waals surface area contributed by atoms with Gasteiger partial charge in [-0.15, -0.1) is 0 Å². The number of urea groups is 1. The molecule has 2 rings (SSSR count). The van der Waals surface area contributed by atoms with E-state index in [1.54, 1.807) is 7.11 Å². The van der Waals surface area contributed by atoms with E-state index in [1.807, 2.05) is 0 Å². The highest BCUT2D eigenvalue weighted by Gasteiger charge is 2.32. The molecular weight excluding hydrogens is 334 g/mol. The maximum Gasteiger partial charge on any atom is 0.319 e. The Morgan fingerprint density at radius 3 is 2.75 bits per heavy atom. The molecular formula is C13H15BrF2N2O2. The standard InChI is InChI=1S/C13H15BrF2N2O2/c1-20-6-11(7-2-3-7)17-13(19)18-12-9(14)4-8(15)5-10(12)16/h4-5,7,11H,2-3,6H2,1H3,(H2,17,18,19)/t11-/m0/s1. The van der Waals surface area contributed by atoms with Crippen LogP contribution in [0, 0.1) is 17.6 Å². The first-order chi connectivity index (χ1) is 9.51. The monoisotopic (exact) mass is 348 g/mol. The van der Waals surface area contributed by atoms with Gasteiger partial charge in [0.15, 0.2) is 5.82 Å². The molecule has 2 N–H and O–H groups in total. The topological polar surface area (TPSA) is 50.4 Å². The number of carbonyl (C=O) groups is 1. The molecule has 0 radical (unpaired) electrons. The van der Waals surface area contributed by atoms with Crippen molar-refractivity contribution in [3.05, 3.63) is 28.2 Å². The van der Waals surface area contributed by atoms with Crippen molar-refractivity contribution in [2.45, 2.75) is 18.9 Å². The molecule has 1 aromatic carbocycles. The SMILES string of the molecule is COC[C@H](NC(=O)Nc1c(F)cc(F)cc1Br)C1CC1. The van der Waals surface area contributed by atoms with Crippen LogP contribution in [0.3, 0.4) is 0 Å². The smallest absolute Gasteiger partial charge is 0.319 e. The van der Waals surface area contributed by atoms with E-state index in [-0.39, 0.29) is 16.2 Å². The van der Waals surface area contributed by atoms with Crippen LogP contribution >= 0.6 is 15.9 Å². The molecule has 0 unspecified atom stereocenters. The summed E-state index contributed by atoms with van der Waals surface area (Å²) in [5, 5.41) is 5.12. The van der Waals surface area contributed by atoms with E-state index < -0.39 is 17.7 Å². The summed E-state index contributed by atoms with van der Waals surface area (Å²) in [6.07, 6.45) is 2.09. The highest BCUT2D eigenvalue weighted by Crippen LogP contribution is 2.33. The highest BCUT2D eigenvalue weighted by atomic mass is 79.9. The molecule has 1 fully saturated rings. The van der Waals surface area contributed by atoms with Gasteiger partial charge >= 0.3 is 6.03 Å². The van der Waals surface area contributed by atoms with Gasteiger partial charge in [-0.05, 0) is 40.8 Å². The fraction of sp³-hybridized carbons (Fsp3) is 0.462. The number of rotatable bonds is 5. The van der Waals surface area contributed by atoms with Gasteiger partial charge in [0, 0.05) is 17.6 Å². The number of halogens is 3. The zero-order valence-electron chi connectivity index (χ0n) is 10.9. The average Bonchev–Trinajstić information content (AvgIpc) is 3.17. The fourth-order valence-corrected chi connectivity index (χ4v) is 2.46. The number of hydrogen-bond donors (Lipinski definition) is 2. The average molecular weight is 349 g/mol. The summed E-state index contributed by atoms with van der Waals surface area (Å²) < 4.78 is 31.7. The van der Waals surface area contributed by atoms with Crippen molar-refractivity contribution >= 4 is 27.6 Å². The van der Waals surface area contributed by atoms with E-state index in [1.165, 1.54) is 0 Å². The quantitative estimate of drug-likeness (QED) is 0.857. The predicted molar refractivity (Wildman–Crippen MR) is 74.6 cm³/mol. The van der Waals surface area contributed by atoms with Gasteiger partial charge in [-0.25, -0.2) is 13.6 Å². The van der Waals surface area contributed by atoms with E-state index in [4.69, 9.17) is 4.74 Å². The largest absolute Gasteiger partial charge is 0.383 e. The molecule has 1 atom stereocenters. The summed E-state index contributed by atoms with van der Waals surface area (Å²) >= 11 is 3.02. The lowest BCUT2D eigenvalue weighted by molar-refractivity contribution is 0.159. The molecule has 2 amide bonds. The van der Waals surface area contributed by atoms with Crippen LogP contribution in [0.1, 0.15) is 12.8 Å². The van der Waals surface area contributed by atoms with Crippen molar-refractivity contribution in [2.75, 3.05) is 19.0 Å². The Balaban J connectivity index is 2.00. The van der Waals surface area contributed by atoms with Crippen LogP contribution in [0.5, 0.6) is 0 Å². The highest BCUT2D eigenvalue weighted by molar-refractivity contribution is 9.10. The number of ether oxygens (including phenoxy) is 1. The van der Waals surface area contributed by atoms with Gasteiger partial charge in [-0.2, -0.15) is 0 Å². The van der Waals surface area contributed by atoms with Crippen molar-refractivity contribution in [2.24, 2.45) is 5.92 Å². The van der Waals surface area contributed by atoms with Crippen molar-refractivity contribution in [1.29, 1.82) is 0 Å². The number of methoxy groups -OCH3 is 1. The molecule has 4 nitrogen and oxygen atoms in total. The lowest BCUT2D eigenvalue weighted by Gasteiger charge is -2.18. The summed E-state index contributed by atoms with van der Waals surface area (Å²) in [4.78, 5) is 11.9. The molecule has 0 saturated heterocycles. The summed E-state index contributed by atoms with van der Waals surface area (Å²) in [5.41, 5.74) is -0.0872. The minimum atomic E-state index is -0.832. The van der Waals surface area contributed by atoms with Crippen LogP contribution in [0.15, 0.2) is 16.6 Å². The molecule has 1 aliphatic rings. The summed E-state index contributed by atoms with van der Waals surface area (Å²) in [5.74, 6) is -1.14. The Kier molecular flexibility index (Phi) is 4.93. The van der Waals surface area contributed by atoms with E-state index >= 15 is 0 Å². The van der Waals surface area contributed by atoms with Crippen LogP contribution in [0.2, 0.25) is 0 Å². The van der Waals surface area contributed by atoms with Gasteiger partial charge in [0.25, 0.3) is 0 Å². The van der Waals surface area contributed by atoms with Gasteiger partial charge in [-0.1, -0.05) is 0 Å². The number of hydrogen-bond acceptors (Lipinski definition) is 2. The van der Waals surface area contributed by atoms with Crippen LogP contribution in [0.4, 0.5) is 19.3 Å². The Labute approximate surface area is 124 Å². The maximum atomic E-state index is 13.6. The molecule has 1 saturated carbocycles. The number of anilines is 1. The fourth-order valence-electron chi connectivity index (χ4n) is 1.95. The van der Waals surface area contributed by atoms with Gasteiger partial charge < -0.3 is 15.4 Å². The summed E-state index contributed by atoms with van der Waals surface area (Å²) in [6, 6.07) is 1.17. The molecule has 0 bridgehead atoms. The first-order valence-electron chi connectivity index (χ1n) is 6.22. The third kappa shape index (κ3) is 3.89. The number of carbonyl (C=O) groups excluding carboxylic acids is 1. The molecule has 0 aromatic heterocycles. The Bertz CT molecular complexity index is 486. The second-order valence-corrected chi connectivity index (χ2v) is 5.60. The van der Waals surface area contributed by atoms with Crippen molar-refractivity contribution < 1.29 is 18.3 Å². The van der Waals surface area contributed by atoms with E-state index in [0.29, 0.717) is 18.6 Å². The molecule has 20 heavy (non-hydrogen) atoms. The second kappa shape index (κ2) is 6.49. The van der Waals surface area contributed by atoms with Crippen molar-refractivity contribution in [3.8, 4) is 0 Å². The number of amides is 2. The molecule has 0 aliphatic heterocycles. The lowest BCUT2D eigenvalue weighted by Crippen LogP contribution is -2.42. The molecule has 7 heteroatoms. The van der Waals surface area contributed by atoms with Gasteiger partial charge in [-0.3, -0.25) is 0 Å². The van der Waals surface area contributed by atoms with Crippen LogP contribution in [-0.4, -0.2) is 25.8 Å². The minimum Gasteiger partial charge on any atom is -0.383 e. The van der Waals surface area contributed by atoms with Crippen molar-refractivity contribution in [1.82, 2.24) is 5.32 Å². The van der Waals surface area contributed by atoms with Gasteiger partial charge in [0.05, 0.1) is 18.3 Å². The molecule has 0 spiro atoms. The Morgan fingerprint density at radius 1 is 1.50 bits per heavy atom. The number of nitrogens with one attached hydrogen (secondary N) is 2. The van der Waals surface area contributed by atoms with Gasteiger partial charge in [0.2, 0.25) is 0 Å². The summed E-state index contributed by atoms with van der Waals surface area (Å²) in [6.45, 7) is 0.408. The van der Waals surface area contributed by atoms with Crippen LogP contribution in [0.25, 0.3) is 0 Å². The second-order valence-electron chi connectivity index (χ2n) is 4.74. The third-order valence-electron chi connectivity index (χ3n) is 3.10. The normalized spacial score (nSPS) is 15.8. The maximum absolute atomic E-state index is 13.6. The first-order valence-corrected chi connectivity index (χ1v) is 7.01. The first kappa shape index (κ1) is 15.2. The van der Waals surface area contributed by atoms with Crippen molar-refractivity contribution in [3.63, 3.8) is 0 Å². The Morgan fingerprint density at radius 2 is 2.20 bits per heavy atom. The zero-order valence-corrected chi connectivity index (χ0v) is 12.5. The molecule has 1 aliphatic carbocycles. The van der Waals surface area contributed by atoms with Crippen LogP contribution in [-0.2, 0) is 4.74 Å². The van der Waals surface area contributed by atoms with E-state index in [2.05, 4.69) is 26.6 Å². The van der Waals surface area contributed by atoms with Gasteiger partial charge in [0.1, 0.15) is 5.82 Å². The van der Waals surface area contributed by atoms with E-state index in [0.717, 1.165) is 18.9 Å². The minimum absolute atomic E-state index is 0.0872. The third-order valence-corrected chi connectivity index (χ3v) is 3.72. The molecule has 1 aromatic rings. The number of benzene rings is 1. The molecule has 110 valence electrons. The van der Waals surface area contributed by atoms with Crippen LogP contribution < -0.4 is 10.6 Å². The Hall–Kier alpha value is -1.21. The van der Waals surface area contributed by atoms with E-state index in [9.17, 15) is 13.6 Å². The molecule has 0 heterocycles. The summed E-state index contributed by atoms with van der Waals surface area (Å²) in [7, 11) is 1.56.